The van der Waals surface area contributed by atoms with Crippen molar-refractivity contribution in [2.45, 2.75) is 39.7 Å². The van der Waals surface area contributed by atoms with Crippen LogP contribution in [0, 0.1) is 5.92 Å². The van der Waals surface area contributed by atoms with E-state index in [0.29, 0.717) is 12.5 Å². The van der Waals surface area contributed by atoms with Crippen LogP contribution in [0.4, 0.5) is 0 Å². The highest BCUT2D eigenvalue weighted by molar-refractivity contribution is 5.78. The fourth-order valence-electron chi connectivity index (χ4n) is 3.05. The van der Waals surface area contributed by atoms with Crippen LogP contribution < -0.4 is 10.6 Å². The Kier molecular flexibility index (Phi) is 7.06. The van der Waals surface area contributed by atoms with Crippen LogP contribution >= 0.6 is 0 Å². The summed E-state index contributed by atoms with van der Waals surface area (Å²) in [6, 6.07) is 8.69. The van der Waals surface area contributed by atoms with Gasteiger partial charge in [-0.05, 0) is 49.9 Å². The van der Waals surface area contributed by atoms with Crippen molar-refractivity contribution in [2.24, 2.45) is 5.92 Å². The van der Waals surface area contributed by atoms with Crippen molar-refractivity contribution in [3.05, 3.63) is 35.4 Å². The largest absolute Gasteiger partial charge is 0.348 e. The monoisotopic (exact) mass is 317 g/mol. The molecule has 1 aromatic carbocycles. The average Bonchev–Trinajstić information content (AvgIpc) is 2.75. The number of benzene rings is 1. The molecule has 1 aliphatic heterocycles. The minimum absolute atomic E-state index is 0.0562. The van der Waals surface area contributed by atoms with Crippen LogP contribution in [0.5, 0.6) is 0 Å². The Bertz CT molecular complexity index is 476. The molecular formula is C19H31N3O. The van der Waals surface area contributed by atoms with Gasteiger partial charge in [0.25, 0.3) is 0 Å². The van der Waals surface area contributed by atoms with Crippen LogP contribution in [-0.2, 0) is 11.2 Å². The summed E-state index contributed by atoms with van der Waals surface area (Å²) in [4.78, 5) is 14.5. The van der Waals surface area contributed by atoms with Crippen LogP contribution in [0.25, 0.3) is 0 Å². The lowest BCUT2D eigenvalue weighted by atomic mass is 10.00. The van der Waals surface area contributed by atoms with Crippen molar-refractivity contribution >= 4 is 5.91 Å². The van der Waals surface area contributed by atoms with E-state index in [2.05, 4.69) is 60.6 Å². The molecule has 0 aromatic heterocycles. The van der Waals surface area contributed by atoms with Crippen molar-refractivity contribution in [3.8, 4) is 0 Å². The number of carbonyl (C=O) groups is 1. The lowest BCUT2D eigenvalue weighted by molar-refractivity contribution is -0.122. The normalized spacial score (nSPS) is 17.7. The molecule has 1 heterocycles. The quantitative estimate of drug-likeness (QED) is 0.846. The van der Waals surface area contributed by atoms with Gasteiger partial charge in [-0.3, -0.25) is 9.69 Å². The van der Waals surface area contributed by atoms with Crippen molar-refractivity contribution in [1.82, 2.24) is 15.5 Å². The summed E-state index contributed by atoms with van der Waals surface area (Å²) in [5.74, 6) is 0.784. The molecule has 0 spiro atoms. The topological polar surface area (TPSA) is 44.4 Å². The summed E-state index contributed by atoms with van der Waals surface area (Å²) in [6.07, 6.45) is 2.21. The molecule has 1 amide bonds. The maximum atomic E-state index is 12.2. The van der Waals surface area contributed by atoms with Gasteiger partial charge >= 0.3 is 0 Å². The summed E-state index contributed by atoms with van der Waals surface area (Å²) < 4.78 is 0. The first-order valence-corrected chi connectivity index (χ1v) is 8.86. The molecular weight excluding hydrogens is 286 g/mol. The summed E-state index contributed by atoms with van der Waals surface area (Å²) in [7, 11) is 0. The van der Waals surface area contributed by atoms with E-state index in [1.165, 1.54) is 11.1 Å². The van der Waals surface area contributed by atoms with Gasteiger partial charge in [0.05, 0.1) is 12.6 Å². The van der Waals surface area contributed by atoms with Gasteiger partial charge in [0.2, 0.25) is 5.91 Å². The van der Waals surface area contributed by atoms with E-state index in [0.717, 1.165) is 39.0 Å². The van der Waals surface area contributed by atoms with Gasteiger partial charge in [0, 0.05) is 13.1 Å². The van der Waals surface area contributed by atoms with Crippen molar-refractivity contribution < 1.29 is 4.79 Å². The van der Waals surface area contributed by atoms with Crippen LogP contribution in [-0.4, -0.2) is 43.5 Å². The van der Waals surface area contributed by atoms with E-state index in [4.69, 9.17) is 0 Å². The Balaban J connectivity index is 1.82. The summed E-state index contributed by atoms with van der Waals surface area (Å²) in [6.45, 7) is 11.0. The van der Waals surface area contributed by atoms with Crippen LogP contribution in [0.3, 0.4) is 0 Å². The smallest absolute Gasteiger partial charge is 0.234 e. The molecule has 1 unspecified atom stereocenters. The standard InChI is InChI=1S/C19H31N3O/c1-15(2)13-17-5-7-18(8-6-17)16(3)21-19(23)14-22-11-4-9-20-10-12-22/h5-8,15-16,20H,4,9-14H2,1-3H3,(H,21,23). The molecule has 128 valence electrons. The third-order valence-corrected chi connectivity index (χ3v) is 4.30. The zero-order valence-electron chi connectivity index (χ0n) is 14.8. The summed E-state index contributed by atoms with van der Waals surface area (Å²) in [5, 5.41) is 6.49. The van der Waals surface area contributed by atoms with Crippen LogP contribution in [0.1, 0.15) is 44.4 Å². The first-order chi connectivity index (χ1) is 11.0. The summed E-state index contributed by atoms with van der Waals surface area (Å²) >= 11 is 0. The fraction of sp³-hybridized carbons (Fsp3) is 0.632. The summed E-state index contributed by atoms with van der Waals surface area (Å²) in [5.41, 5.74) is 2.53. The second-order valence-corrected chi connectivity index (χ2v) is 7.01. The Labute approximate surface area is 140 Å². The van der Waals surface area contributed by atoms with Gasteiger partial charge in [-0.1, -0.05) is 38.1 Å². The molecule has 1 aromatic rings. The molecule has 2 rings (SSSR count). The lowest BCUT2D eigenvalue weighted by Gasteiger charge is -2.21. The molecule has 1 aliphatic rings. The minimum Gasteiger partial charge on any atom is -0.348 e. The highest BCUT2D eigenvalue weighted by atomic mass is 16.2. The average molecular weight is 317 g/mol. The van der Waals surface area contributed by atoms with Gasteiger partial charge in [-0.15, -0.1) is 0 Å². The fourth-order valence-corrected chi connectivity index (χ4v) is 3.05. The third-order valence-electron chi connectivity index (χ3n) is 4.30. The predicted molar refractivity (Wildman–Crippen MR) is 95.5 cm³/mol. The van der Waals surface area contributed by atoms with Gasteiger partial charge in [0.15, 0.2) is 0 Å². The Hall–Kier alpha value is -1.39. The van der Waals surface area contributed by atoms with E-state index in [1.807, 2.05) is 0 Å². The van der Waals surface area contributed by atoms with E-state index >= 15 is 0 Å². The van der Waals surface area contributed by atoms with Crippen molar-refractivity contribution in [3.63, 3.8) is 0 Å². The number of nitrogens with zero attached hydrogens (tertiary/aromatic N) is 1. The molecule has 0 aliphatic carbocycles. The number of amides is 1. The predicted octanol–water partition coefficient (Wildman–Crippen LogP) is 2.36. The maximum absolute atomic E-state index is 12.2. The molecule has 2 N–H and O–H groups in total. The minimum atomic E-state index is 0.0562. The zero-order valence-corrected chi connectivity index (χ0v) is 14.8. The molecule has 1 fully saturated rings. The molecule has 0 saturated carbocycles. The number of rotatable bonds is 6. The highest BCUT2D eigenvalue weighted by Gasteiger charge is 2.15. The number of carbonyl (C=O) groups excluding carboxylic acids is 1. The third kappa shape index (κ3) is 6.32. The Morgan fingerprint density at radius 3 is 2.61 bits per heavy atom. The molecule has 4 nitrogen and oxygen atoms in total. The van der Waals surface area contributed by atoms with Gasteiger partial charge in [-0.25, -0.2) is 0 Å². The number of hydrogen-bond acceptors (Lipinski definition) is 3. The van der Waals surface area contributed by atoms with Crippen LogP contribution in [0.2, 0.25) is 0 Å². The van der Waals surface area contributed by atoms with Gasteiger partial charge in [-0.2, -0.15) is 0 Å². The van der Waals surface area contributed by atoms with E-state index in [1.54, 1.807) is 0 Å². The van der Waals surface area contributed by atoms with Crippen molar-refractivity contribution in [2.75, 3.05) is 32.7 Å². The molecule has 0 bridgehead atoms. The van der Waals surface area contributed by atoms with Gasteiger partial charge < -0.3 is 10.6 Å². The van der Waals surface area contributed by atoms with Crippen molar-refractivity contribution in [1.29, 1.82) is 0 Å². The van der Waals surface area contributed by atoms with E-state index < -0.39 is 0 Å². The second-order valence-electron chi connectivity index (χ2n) is 7.01. The molecule has 4 heteroatoms. The zero-order chi connectivity index (χ0) is 16.7. The SMILES string of the molecule is CC(C)Cc1ccc(C(C)NC(=O)CN2CCCNCC2)cc1. The second kappa shape index (κ2) is 9.04. The number of nitrogens with one attached hydrogen (secondary N) is 2. The van der Waals surface area contributed by atoms with Crippen LogP contribution in [0.15, 0.2) is 24.3 Å². The molecule has 1 saturated heterocycles. The van der Waals surface area contributed by atoms with E-state index in [-0.39, 0.29) is 11.9 Å². The number of hydrogen-bond donors (Lipinski definition) is 2. The highest BCUT2D eigenvalue weighted by Crippen LogP contribution is 2.15. The van der Waals surface area contributed by atoms with E-state index in [9.17, 15) is 4.79 Å². The molecule has 1 atom stereocenters. The Morgan fingerprint density at radius 2 is 1.91 bits per heavy atom. The first kappa shape index (κ1) is 18.0. The van der Waals surface area contributed by atoms with Gasteiger partial charge in [0.1, 0.15) is 0 Å². The molecule has 23 heavy (non-hydrogen) atoms. The lowest BCUT2D eigenvalue weighted by Crippen LogP contribution is -2.39. The molecule has 0 radical (unpaired) electrons. The Morgan fingerprint density at radius 1 is 1.17 bits per heavy atom. The maximum Gasteiger partial charge on any atom is 0.234 e. The first-order valence-electron chi connectivity index (χ1n) is 8.86.